The molecule has 1 aliphatic rings. The maximum absolute atomic E-state index is 13.0. The van der Waals surface area contributed by atoms with Crippen molar-refractivity contribution >= 4 is 51.9 Å². The largest absolute Gasteiger partial charge is 0.493 e. The molecule has 1 N–H and O–H groups in total. The predicted molar refractivity (Wildman–Crippen MR) is 118 cm³/mol. The molecule has 1 saturated heterocycles. The number of para-hydroxylation sites is 1. The Labute approximate surface area is 178 Å². The highest BCUT2D eigenvalue weighted by Gasteiger charge is 2.34. The van der Waals surface area contributed by atoms with Gasteiger partial charge in [0.05, 0.1) is 29.4 Å². The lowest BCUT2D eigenvalue weighted by Gasteiger charge is -2.16. The van der Waals surface area contributed by atoms with Crippen molar-refractivity contribution in [2.45, 2.75) is 20.0 Å². The van der Waals surface area contributed by atoms with Gasteiger partial charge in [-0.1, -0.05) is 42.2 Å². The fourth-order valence-corrected chi connectivity index (χ4v) is 4.07. The van der Waals surface area contributed by atoms with Crippen molar-refractivity contribution in [1.82, 2.24) is 0 Å². The number of carboxylic acid groups (broad SMARTS) is 1. The zero-order valence-electron chi connectivity index (χ0n) is 16.0. The number of anilines is 1. The van der Waals surface area contributed by atoms with Crippen molar-refractivity contribution in [2.24, 2.45) is 0 Å². The second kappa shape index (κ2) is 8.67. The molecule has 0 bridgehead atoms. The summed E-state index contributed by atoms with van der Waals surface area (Å²) in [6.45, 7) is 3.82. The van der Waals surface area contributed by atoms with Crippen LogP contribution < -0.4 is 14.4 Å². The summed E-state index contributed by atoms with van der Waals surface area (Å²) in [6.07, 6.45) is 1.63. The van der Waals surface area contributed by atoms with Gasteiger partial charge in [0, 0.05) is 5.56 Å². The third kappa shape index (κ3) is 4.44. The van der Waals surface area contributed by atoms with Crippen LogP contribution in [0.2, 0.25) is 0 Å². The van der Waals surface area contributed by atoms with Crippen molar-refractivity contribution in [3.63, 3.8) is 0 Å². The average Bonchev–Trinajstić information content (AvgIpc) is 2.96. The van der Waals surface area contributed by atoms with Crippen LogP contribution in [-0.2, 0) is 4.79 Å². The molecular formula is C21H19NO5S2. The molecular weight excluding hydrogens is 410 g/mol. The molecule has 0 atom stereocenters. The third-order valence-corrected chi connectivity index (χ3v) is 5.32. The first-order chi connectivity index (χ1) is 13.8. The van der Waals surface area contributed by atoms with Gasteiger partial charge in [-0.3, -0.25) is 9.69 Å². The number of methoxy groups -OCH3 is 1. The zero-order valence-corrected chi connectivity index (χ0v) is 17.7. The van der Waals surface area contributed by atoms with Crippen molar-refractivity contribution in [2.75, 3.05) is 12.0 Å². The molecule has 1 heterocycles. The van der Waals surface area contributed by atoms with Crippen molar-refractivity contribution in [3.8, 4) is 11.5 Å². The Balaban J connectivity index is 1.99. The highest BCUT2D eigenvalue weighted by atomic mass is 32.2. The number of carbonyl (C=O) groups excluding carboxylic acids is 1. The van der Waals surface area contributed by atoms with Gasteiger partial charge in [0.1, 0.15) is 0 Å². The summed E-state index contributed by atoms with van der Waals surface area (Å²) in [7, 11) is 1.56. The van der Waals surface area contributed by atoms with Crippen LogP contribution in [0, 0.1) is 0 Å². The van der Waals surface area contributed by atoms with Crippen molar-refractivity contribution in [3.05, 3.63) is 58.5 Å². The van der Waals surface area contributed by atoms with Crippen LogP contribution in [0.15, 0.2) is 47.4 Å². The number of hydrogen-bond acceptors (Lipinski definition) is 6. The Morgan fingerprint density at radius 1 is 1.24 bits per heavy atom. The molecule has 1 fully saturated rings. The molecule has 0 aliphatic carbocycles. The molecule has 0 radical (unpaired) electrons. The van der Waals surface area contributed by atoms with Gasteiger partial charge < -0.3 is 14.6 Å². The van der Waals surface area contributed by atoms with Gasteiger partial charge in [-0.15, -0.1) is 0 Å². The molecule has 150 valence electrons. The number of rotatable bonds is 6. The second-order valence-electron chi connectivity index (χ2n) is 6.42. The van der Waals surface area contributed by atoms with E-state index in [1.807, 2.05) is 26.0 Å². The first-order valence-electron chi connectivity index (χ1n) is 8.76. The summed E-state index contributed by atoms with van der Waals surface area (Å²) in [5.74, 6) is -0.277. The van der Waals surface area contributed by atoms with E-state index in [9.17, 15) is 14.7 Å². The standard InChI is InChI=1S/C21H19NO5S2/c1-12(2)27-18-13(6-5-9-16(18)26-3)11-17-19(23)22(21(28)29-17)15-8-4-7-14(10-15)20(24)25/h4-12H,1-3H3,(H,24,25)/b17-11-. The van der Waals surface area contributed by atoms with Gasteiger partial charge in [-0.2, -0.15) is 0 Å². The summed E-state index contributed by atoms with van der Waals surface area (Å²) < 4.78 is 11.6. The lowest BCUT2D eigenvalue weighted by molar-refractivity contribution is -0.113. The van der Waals surface area contributed by atoms with Crippen LogP contribution in [0.5, 0.6) is 11.5 Å². The smallest absolute Gasteiger partial charge is 0.335 e. The Morgan fingerprint density at radius 2 is 1.97 bits per heavy atom. The number of nitrogens with zero attached hydrogens (tertiary/aromatic N) is 1. The van der Waals surface area contributed by atoms with Gasteiger partial charge >= 0.3 is 5.97 Å². The van der Waals surface area contributed by atoms with Gasteiger partial charge in [-0.05, 0) is 44.2 Å². The minimum Gasteiger partial charge on any atom is -0.493 e. The molecule has 2 aromatic carbocycles. The molecule has 0 unspecified atom stereocenters. The normalized spacial score (nSPS) is 15.3. The summed E-state index contributed by atoms with van der Waals surface area (Å²) >= 11 is 6.53. The molecule has 0 aromatic heterocycles. The monoisotopic (exact) mass is 429 g/mol. The molecule has 29 heavy (non-hydrogen) atoms. The van der Waals surface area contributed by atoms with Gasteiger partial charge in [-0.25, -0.2) is 4.79 Å². The molecule has 1 aliphatic heterocycles. The Kier molecular flexibility index (Phi) is 6.24. The van der Waals surface area contributed by atoms with E-state index < -0.39 is 5.97 Å². The van der Waals surface area contributed by atoms with Gasteiger partial charge in [0.25, 0.3) is 5.91 Å². The maximum atomic E-state index is 13.0. The SMILES string of the molecule is COc1cccc(/C=C2\SC(=S)N(c3cccc(C(=O)O)c3)C2=O)c1OC(C)C. The average molecular weight is 430 g/mol. The first kappa shape index (κ1) is 20.9. The van der Waals surface area contributed by atoms with E-state index in [0.717, 1.165) is 11.8 Å². The molecule has 6 nitrogen and oxygen atoms in total. The van der Waals surface area contributed by atoms with E-state index in [4.69, 9.17) is 21.7 Å². The van der Waals surface area contributed by atoms with Crippen molar-refractivity contribution < 1.29 is 24.2 Å². The number of thioether (sulfide) groups is 1. The molecule has 8 heteroatoms. The van der Waals surface area contributed by atoms with Gasteiger partial charge in [0.2, 0.25) is 0 Å². The van der Waals surface area contributed by atoms with Gasteiger partial charge in [0.15, 0.2) is 15.8 Å². The lowest BCUT2D eigenvalue weighted by Crippen LogP contribution is -2.27. The Bertz CT molecular complexity index is 1020. The first-order valence-corrected chi connectivity index (χ1v) is 9.99. The van der Waals surface area contributed by atoms with Crippen LogP contribution in [0.25, 0.3) is 6.08 Å². The van der Waals surface area contributed by atoms with Crippen molar-refractivity contribution in [1.29, 1.82) is 0 Å². The molecule has 2 aromatic rings. The van der Waals surface area contributed by atoms with E-state index in [2.05, 4.69) is 0 Å². The lowest BCUT2D eigenvalue weighted by atomic mass is 10.1. The minimum absolute atomic E-state index is 0.0771. The van der Waals surface area contributed by atoms with E-state index in [-0.39, 0.29) is 17.6 Å². The van der Waals surface area contributed by atoms with Crippen LogP contribution in [0.3, 0.4) is 0 Å². The fraction of sp³-hybridized carbons (Fsp3) is 0.190. The van der Waals surface area contributed by atoms with Crippen LogP contribution in [0.1, 0.15) is 29.8 Å². The number of benzene rings is 2. The maximum Gasteiger partial charge on any atom is 0.335 e. The highest BCUT2D eigenvalue weighted by molar-refractivity contribution is 8.27. The molecule has 1 amide bonds. The topological polar surface area (TPSA) is 76.1 Å². The predicted octanol–water partition coefficient (Wildman–Crippen LogP) is 4.59. The Hall–Kier alpha value is -2.84. The zero-order chi connectivity index (χ0) is 21.1. The van der Waals surface area contributed by atoms with Crippen LogP contribution in [0.4, 0.5) is 5.69 Å². The number of aromatic carboxylic acids is 1. The van der Waals surface area contributed by atoms with E-state index >= 15 is 0 Å². The van der Waals surface area contributed by atoms with Crippen LogP contribution >= 0.6 is 24.0 Å². The molecule has 3 rings (SSSR count). The van der Waals surface area contributed by atoms with E-state index in [1.165, 1.54) is 17.0 Å². The summed E-state index contributed by atoms with van der Waals surface area (Å²) in [4.78, 5) is 26.0. The fourth-order valence-electron chi connectivity index (χ4n) is 2.78. The highest BCUT2D eigenvalue weighted by Crippen LogP contribution is 2.39. The summed E-state index contributed by atoms with van der Waals surface area (Å²) in [5.41, 5.74) is 1.19. The second-order valence-corrected chi connectivity index (χ2v) is 8.09. The minimum atomic E-state index is -1.07. The van der Waals surface area contributed by atoms with E-state index in [1.54, 1.807) is 31.4 Å². The number of amides is 1. The summed E-state index contributed by atoms with van der Waals surface area (Å²) in [5, 5.41) is 9.20. The number of thiocarbonyl (C=S) groups is 1. The number of carbonyl (C=O) groups is 2. The number of hydrogen-bond donors (Lipinski definition) is 1. The third-order valence-electron chi connectivity index (χ3n) is 4.01. The number of carboxylic acids is 1. The molecule has 0 spiro atoms. The van der Waals surface area contributed by atoms with E-state index in [0.29, 0.717) is 32.0 Å². The van der Waals surface area contributed by atoms with Crippen LogP contribution in [-0.4, -0.2) is 34.5 Å². The Morgan fingerprint density at radius 3 is 2.62 bits per heavy atom. The quantitative estimate of drug-likeness (QED) is 0.532. The summed E-state index contributed by atoms with van der Waals surface area (Å²) in [6, 6.07) is 11.6. The number of ether oxygens (including phenoxy) is 2. The molecule has 0 saturated carbocycles.